The third kappa shape index (κ3) is 3.97. The lowest BCUT2D eigenvalue weighted by Gasteiger charge is -2.14. The highest BCUT2D eigenvalue weighted by atomic mass is 32.2. The van der Waals surface area contributed by atoms with Gasteiger partial charge in [-0.05, 0) is 31.2 Å². The lowest BCUT2D eigenvalue weighted by molar-refractivity contribution is 0.0944. The normalized spacial score (nSPS) is 12.2. The van der Waals surface area contributed by atoms with Gasteiger partial charge in [0.25, 0.3) is 5.91 Å². The van der Waals surface area contributed by atoms with Crippen LogP contribution in [0.4, 0.5) is 5.69 Å². The summed E-state index contributed by atoms with van der Waals surface area (Å²) in [5.74, 6) is 1.90. The van der Waals surface area contributed by atoms with E-state index in [4.69, 9.17) is 5.73 Å². The molecule has 0 aliphatic carbocycles. The van der Waals surface area contributed by atoms with Gasteiger partial charge in [0.15, 0.2) is 0 Å². The first kappa shape index (κ1) is 13.9. The highest BCUT2D eigenvalue weighted by Crippen LogP contribution is 2.16. The Morgan fingerprint density at radius 3 is 2.88 bits per heavy atom. The fourth-order valence-corrected chi connectivity index (χ4v) is 2.19. The number of rotatable bonds is 5. The van der Waals surface area contributed by atoms with Gasteiger partial charge in [0.2, 0.25) is 0 Å². The number of nitrogen functional groups attached to an aromatic ring is 1. The zero-order valence-corrected chi connectivity index (χ0v) is 11.4. The van der Waals surface area contributed by atoms with Crippen LogP contribution in [0.3, 0.4) is 0 Å². The first-order valence-electron chi connectivity index (χ1n) is 5.80. The molecule has 0 saturated heterocycles. The molecule has 1 atom stereocenters. The molecule has 0 aliphatic heterocycles. The van der Waals surface area contributed by atoms with E-state index in [1.54, 1.807) is 6.07 Å². The Morgan fingerprint density at radius 1 is 1.53 bits per heavy atom. The Hall–Kier alpha value is -1.16. The third-order valence-corrected chi connectivity index (χ3v) is 3.66. The summed E-state index contributed by atoms with van der Waals surface area (Å²) in [6, 6.07) is 5.68. The maximum atomic E-state index is 12.0. The average Bonchev–Trinajstić information content (AvgIpc) is 2.29. The summed E-state index contributed by atoms with van der Waals surface area (Å²) in [6.07, 6.45) is 0. The Labute approximate surface area is 107 Å². The minimum absolute atomic E-state index is 0.0876. The van der Waals surface area contributed by atoms with E-state index in [0.717, 1.165) is 17.1 Å². The number of hydrogen-bond acceptors (Lipinski definition) is 3. The van der Waals surface area contributed by atoms with E-state index in [2.05, 4.69) is 12.2 Å². The number of thioether (sulfide) groups is 1. The first-order valence-corrected chi connectivity index (χ1v) is 6.95. The van der Waals surface area contributed by atoms with Gasteiger partial charge in [-0.3, -0.25) is 4.79 Å². The van der Waals surface area contributed by atoms with Crippen LogP contribution in [-0.4, -0.2) is 23.5 Å². The Bertz CT molecular complexity index is 393. The molecule has 17 heavy (non-hydrogen) atoms. The lowest BCUT2D eigenvalue weighted by Crippen LogP contribution is -2.34. The van der Waals surface area contributed by atoms with Crippen LogP contribution in [-0.2, 0) is 0 Å². The van der Waals surface area contributed by atoms with Crippen molar-refractivity contribution in [3.63, 3.8) is 0 Å². The van der Waals surface area contributed by atoms with Crippen molar-refractivity contribution in [2.75, 3.05) is 17.2 Å². The maximum absolute atomic E-state index is 12.0. The molecule has 0 heterocycles. The largest absolute Gasteiger partial charge is 0.398 e. The highest BCUT2D eigenvalue weighted by Gasteiger charge is 2.13. The molecule has 0 radical (unpaired) electrons. The van der Waals surface area contributed by atoms with Crippen molar-refractivity contribution in [3.05, 3.63) is 29.3 Å². The van der Waals surface area contributed by atoms with Gasteiger partial charge in [-0.1, -0.05) is 19.1 Å². The number of anilines is 1. The van der Waals surface area contributed by atoms with E-state index in [0.29, 0.717) is 11.3 Å². The van der Waals surface area contributed by atoms with Crippen LogP contribution >= 0.6 is 11.8 Å². The van der Waals surface area contributed by atoms with Gasteiger partial charge in [0.05, 0.1) is 5.56 Å². The molecule has 1 rings (SSSR count). The molecule has 1 unspecified atom stereocenters. The van der Waals surface area contributed by atoms with Crippen LogP contribution in [0.5, 0.6) is 0 Å². The Kier molecular flexibility index (Phi) is 5.35. The fraction of sp³-hybridized carbons (Fsp3) is 0.462. The zero-order chi connectivity index (χ0) is 12.8. The van der Waals surface area contributed by atoms with Crippen LogP contribution in [0.15, 0.2) is 18.2 Å². The molecule has 0 bridgehead atoms. The van der Waals surface area contributed by atoms with Crippen molar-refractivity contribution in [2.45, 2.75) is 26.8 Å². The van der Waals surface area contributed by atoms with Crippen LogP contribution in [0.25, 0.3) is 0 Å². The van der Waals surface area contributed by atoms with Crippen LogP contribution in [0.1, 0.15) is 29.8 Å². The van der Waals surface area contributed by atoms with Crippen LogP contribution in [0.2, 0.25) is 0 Å². The van der Waals surface area contributed by atoms with Crippen molar-refractivity contribution >= 4 is 23.4 Å². The summed E-state index contributed by atoms with van der Waals surface area (Å²) in [4.78, 5) is 12.0. The molecular formula is C13H20N2OS. The number of nitrogens with one attached hydrogen (secondary N) is 1. The molecule has 4 heteroatoms. The summed E-state index contributed by atoms with van der Waals surface area (Å²) < 4.78 is 0. The summed E-state index contributed by atoms with van der Waals surface area (Å²) in [5, 5.41) is 2.96. The molecule has 0 aromatic heterocycles. The minimum Gasteiger partial charge on any atom is -0.398 e. The molecule has 94 valence electrons. The minimum atomic E-state index is -0.0876. The van der Waals surface area contributed by atoms with Gasteiger partial charge in [-0.25, -0.2) is 0 Å². The van der Waals surface area contributed by atoms with Gasteiger partial charge in [-0.2, -0.15) is 11.8 Å². The number of para-hydroxylation sites is 1. The van der Waals surface area contributed by atoms with E-state index in [1.807, 2.05) is 37.7 Å². The molecule has 0 aliphatic rings. The smallest absolute Gasteiger partial charge is 0.253 e. The molecule has 3 nitrogen and oxygen atoms in total. The van der Waals surface area contributed by atoms with Crippen molar-refractivity contribution in [2.24, 2.45) is 0 Å². The summed E-state index contributed by atoms with van der Waals surface area (Å²) in [6.45, 7) is 6.02. The lowest BCUT2D eigenvalue weighted by atomic mass is 10.1. The van der Waals surface area contributed by atoms with Gasteiger partial charge in [-0.15, -0.1) is 0 Å². The van der Waals surface area contributed by atoms with E-state index >= 15 is 0 Å². The second kappa shape index (κ2) is 6.55. The number of hydrogen-bond donors (Lipinski definition) is 2. The topological polar surface area (TPSA) is 55.1 Å². The molecular weight excluding hydrogens is 232 g/mol. The van der Waals surface area contributed by atoms with E-state index < -0.39 is 0 Å². The molecule has 3 N–H and O–H groups in total. The zero-order valence-electron chi connectivity index (χ0n) is 10.6. The predicted molar refractivity (Wildman–Crippen MR) is 75.5 cm³/mol. The number of nitrogens with two attached hydrogens (primary N) is 1. The number of carbonyl (C=O) groups is 1. The summed E-state index contributed by atoms with van der Waals surface area (Å²) in [7, 11) is 0. The highest BCUT2D eigenvalue weighted by molar-refractivity contribution is 7.99. The van der Waals surface area contributed by atoms with E-state index in [1.165, 1.54) is 0 Å². The molecule has 0 spiro atoms. The predicted octanol–water partition coefficient (Wildman–Crippen LogP) is 2.45. The number of amides is 1. The molecule has 0 fully saturated rings. The Morgan fingerprint density at radius 2 is 2.24 bits per heavy atom. The summed E-state index contributed by atoms with van der Waals surface area (Å²) in [5.41, 5.74) is 7.97. The SMILES string of the molecule is CCSCC(C)NC(=O)c1cccc(C)c1N. The van der Waals surface area contributed by atoms with Gasteiger partial charge in [0.1, 0.15) is 0 Å². The fourth-order valence-electron chi connectivity index (χ4n) is 1.52. The van der Waals surface area contributed by atoms with Crippen molar-refractivity contribution in [3.8, 4) is 0 Å². The monoisotopic (exact) mass is 252 g/mol. The van der Waals surface area contributed by atoms with Crippen molar-refractivity contribution < 1.29 is 4.79 Å². The van der Waals surface area contributed by atoms with E-state index in [9.17, 15) is 4.79 Å². The van der Waals surface area contributed by atoms with E-state index in [-0.39, 0.29) is 11.9 Å². The molecule has 1 aromatic rings. The number of carbonyl (C=O) groups excluding carboxylic acids is 1. The summed E-state index contributed by atoms with van der Waals surface area (Å²) >= 11 is 1.81. The Balaban J connectivity index is 2.67. The maximum Gasteiger partial charge on any atom is 0.253 e. The standard InChI is InChI=1S/C13H20N2OS/c1-4-17-8-10(3)15-13(16)11-7-5-6-9(2)12(11)14/h5-7,10H,4,8,14H2,1-3H3,(H,15,16). The number of aryl methyl sites for hydroxylation is 1. The third-order valence-electron chi connectivity index (χ3n) is 2.52. The quantitative estimate of drug-likeness (QED) is 0.791. The second-order valence-corrected chi connectivity index (χ2v) is 5.39. The molecule has 1 aromatic carbocycles. The first-order chi connectivity index (χ1) is 8.06. The van der Waals surface area contributed by atoms with Gasteiger partial charge < -0.3 is 11.1 Å². The van der Waals surface area contributed by atoms with Crippen LogP contribution < -0.4 is 11.1 Å². The van der Waals surface area contributed by atoms with Crippen LogP contribution in [0, 0.1) is 6.92 Å². The van der Waals surface area contributed by atoms with Gasteiger partial charge >= 0.3 is 0 Å². The van der Waals surface area contributed by atoms with Gasteiger partial charge in [0, 0.05) is 17.5 Å². The van der Waals surface area contributed by atoms with Crippen molar-refractivity contribution in [1.82, 2.24) is 5.32 Å². The number of benzene rings is 1. The molecule has 0 saturated carbocycles. The second-order valence-electron chi connectivity index (χ2n) is 4.07. The van der Waals surface area contributed by atoms with Crippen molar-refractivity contribution in [1.29, 1.82) is 0 Å². The average molecular weight is 252 g/mol. The molecule has 1 amide bonds.